The van der Waals surface area contributed by atoms with Crippen molar-refractivity contribution in [3.63, 3.8) is 0 Å². The van der Waals surface area contributed by atoms with Gasteiger partial charge < -0.3 is 20.5 Å². The molecule has 0 atom stereocenters. The van der Waals surface area contributed by atoms with Crippen LogP contribution in [0, 0.1) is 17.6 Å². The number of benzene rings is 2. The fraction of sp³-hybridized carbons (Fsp3) is 0.320. The van der Waals surface area contributed by atoms with Gasteiger partial charge in [0, 0.05) is 23.4 Å². The zero-order chi connectivity index (χ0) is 24.9. The van der Waals surface area contributed by atoms with E-state index in [0.29, 0.717) is 35.3 Å². The summed E-state index contributed by atoms with van der Waals surface area (Å²) in [6.07, 6.45) is 1.77. The maximum Gasteiger partial charge on any atom is 0.306 e. The van der Waals surface area contributed by atoms with Crippen LogP contribution in [0.15, 0.2) is 42.5 Å². The van der Waals surface area contributed by atoms with E-state index >= 15 is 0 Å². The standard InChI is InChI=1S/C25H24F2N2O5S/c26-17-5-1-15-12-22(35-21(15)13-17)24(31)29-10-9-28-23(30)16-4-8-20(19(27)11-16)34-18-6-2-14(3-7-18)25(32)33/h1,4-5,8,11-14,18H,2-3,6-7,9-10H2,(H,28,30)(H,29,31)(H,32,33). The molecule has 2 aromatic carbocycles. The van der Waals surface area contributed by atoms with Gasteiger partial charge in [-0.25, -0.2) is 8.78 Å². The highest BCUT2D eigenvalue weighted by Gasteiger charge is 2.27. The number of hydrogen-bond acceptors (Lipinski definition) is 5. The molecule has 3 aromatic rings. The second-order valence-electron chi connectivity index (χ2n) is 8.38. The molecular formula is C25H24F2N2O5S. The van der Waals surface area contributed by atoms with Crippen molar-refractivity contribution in [3.8, 4) is 5.75 Å². The van der Waals surface area contributed by atoms with Gasteiger partial charge in [-0.3, -0.25) is 14.4 Å². The van der Waals surface area contributed by atoms with Crippen LogP contribution in [0.3, 0.4) is 0 Å². The number of rotatable bonds is 8. The first kappa shape index (κ1) is 24.6. The van der Waals surface area contributed by atoms with Crippen molar-refractivity contribution in [2.24, 2.45) is 5.92 Å². The van der Waals surface area contributed by atoms with Crippen LogP contribution in [0.1, 0.15) is 45.7 Å². The van der Waals surface area contributed by atoms with E-state index < -0.39 is 17.7 Å². The molecule has 1 aliphatic carbocycles. The fourth-order valence-corrected chi connectivity index (χ4v) is 5.01. The molecule has 0 bridgehead atoms. The summed E-state index contributed by atoms with van der Waals surface area (Å²) in [5, 5.41) is 15.1. The number of nitrogens with one attached hydrogen (secondary N) is 2. The largest absolute Gasteiger partial charge is 0.487 e. The zero-order valence-electron chi connectivity index (χ0n) is 18.7. The first-order valence-corrected chi connectivity index (χ1v) is 12.1. The van der Waals surface area contributed by atoms with Crippen LogP contribution in [0.4, 0.5) is 8.78 Å². The number of ether oxygens (including phenoxy) is 1. The van der Waals surface area contributed by atoms with Crippen molar-refractivity contribution in [2.45, 2.75) is 31.8 Å². The van der Waals surface area contributed by atoms with E-state index in [4.69, 9.17) is 9.84 Å². The molecule has 1 fully saturated rings. The van der Waals surface area contributed by atoms with Gasteiger partial charge in [0.25, 0.3) is 11.8 Å². The van der Waals surface area contributed by atoms with Crippen molar-refractivity contribution < 1.29 is 33.0 Å². The Kier molecular flexibility index (Phi) is 7.60. The molecule has 0 saturated heterocycles. The topological polar surface area (TPSA) is 105 Å². The molecule has 4 rings (SSSR count). The summed E-state index contributed by atoms with van der Waals surface area (Å²) >= 11 is 1.18. The average molecular weight is 503 g/mol. The molecule has 1 saturated carbocycles. The van der Waals surface area contributed by atoms with E-state index in [1.807, 2.05) is 0 Å². The quantitative estimate of drug-likeness (QED) is 0.397. The Morgan fingerprint density at radius 2 is 1.66 bits per heavy atom. The van der Waals surface area contributed by atoms with E-state index in [0.717, 1.165) is 11.5 Å². The number of carboxylic acid groups (broad SMARTS) is 1. The normalized spacial score (nSPS) is 17.7. The van der Waals surface area contributed by atoms with Gasteiger partial charge in [0.1, 0.15) is 5.82 Å². The summed E-state index contributed by atoms with van der Waals surface area (Å²) in [6.45, 7) is 0.298. The summed E-state index contributed by atoms with van der Waals surface area (Å²) in [7, 11) is 0. The highest BCUT2D eigenvalue weighted by molar-refractivity contribution is 7.20. The SMILES string of the molecule is O=C(NCCNC(=O)c1cc2ccc(F)cc2s1)c1ccc(OC2CCC(C(=O)O)CC2)c(F)c1. The Morgan fingerprint density at radius 1 is 0.943 bits per heavy atom. The lowest BCUT2D eigenvalue weighted by molar-refractivity contribution is -0.143. The van der Waals surface area contributed by atoms with E-state index in [1.165, 1.54) is 35.6 Å². The monoisotopic (exact) mass is 502 g/mol. The number of hydrogen-bond donors (Lipinski definition) is 3. The summed E-state index contributed by atoms with van der Waals surface area (Å²) in [5.74, 6) is -3.04. The van der Waals surface area contributed by atoms with Gasteiger partial charge >= 0.3 is 5.97 Å². The Bertz CT molecular complexity index is 1250. The number of carbonyl (C=O) groups excluding carboxylic acids is 2. The molecule has 1 heterocycles. The third kappa shape index (κ3) is 6.13. The van der Waals surface area contributed by atoms with Gasteiger partial charge in [-0.2, -0.15) is 0 Å². The van der Waals surface area contributed by atoms with Crippen LogP contribution in [-0.4, -0.2) is 42.1 Å². The summed E-state index contributed by atoms with van der Waals surface area (Å²) in [6, 6.07) is 9.92. The van der Waals surface area contributed by atoms with E-state index in [-0.39, 0.29) is 48.1 Å². The van der Waals surface area contributed by atoms with Gasteiger partial charge in [-0.1, -0.05) is 6.07 Å². The molecule has 7 nitrogen and oxygen atoms in total. The maximum atomic E-state index is 14.5. The Morgan fingerprint density at radius 3 is 2.34 bits per heavy atom. The fourth-order valence-electron chi connectivity index (χ4n) is 4.00. The van der Waals surface area contributed by atoms with Gasteiger partial charge in [-0.15, -0.1) is 11.3 Å². The average Bonchev–Trinajstić information content (AvgIpc) is 3.26. The molecule has 0 unspecified atom stereocenters. The molecule has 0 aliphatic heterocycles. The molecular weight excluding hydrogens is 478 g/mol. The minimum atomic E-state index is -0.818. The Hall–Kier alpha value is -3.53. The number of fused-ring (bicyclic) bond motifs is 1. The van der Waals surface area contributed by atoms with Gasteiger partial charge in [-0.05, 0) is 67.5 Å². The Labute approximate surface area is 204 Å². The molecule has 35 heavy (non-hydrogen) atoms. The van der Waals surface area contributed by atoms with Crippen LogP contribution >= 0.6 is 11.3 Å². The molecule has 0 radical (unpaired) electrons. The zero-order valence-corrected chi connectivity index (χ0v) is 19.5. The van der Waals surface area contributed by atoms with Crippen LogP contribution in [-0.2, 0) is 4.79 Å². The summed E-state index contributed by atoms with van der Waals surface area (Å²) in [5.41, 5.74) is 0.113. The molecule has 184 valence electrons. The predicted octanol–water partition coefficient (Wildman–Crippen LogP) is 4.36. The number of thiophene rings is 1. The van der Waals surface area contributed by atoms with Gasteiger partial charge in [0.15, 0.2) is 11.6 Å². The van der Waals surface area contributed by atoms with Crippen LogP contribution in [0.5, 0.6) is 5.75 Å². The van der Waals surface area contributed by atoms with Gasteiger partial charge in [0.05, 0.1) is 16.9 Å². The lowest BCUT2D eigenvalue weighted by atomic mass is 9.87. The van der Waals surface area contributed by atoms with Crippen LogP contribution in [0.25, 0.3) is 10.1 Å². The van der Waals surface area contributed by atoms with Crippen LogP contribution < -0.4 is 15.4 Å². The number of amides is 2. The van der Waals surface area contributed by atoms with E-state index in [1.54, 1.807) is 12.1 Å². The minimum Gasteiger partial charge on any atom is -0.487 e. The molecule has 1 aromatic heterocycles. The van der Waals surface area contributed by atoms with E-state index in [9.17, 15) is 23.2 Å². The molecule has 1 aliphatic rings. The highest BCUT2D eigenvalue weighted by Crippen LogP contribution is 2.29. The van der Waals surface area contributed by atoms with E-state index in [2.05, 4.69) is 10.6 Å². The predicted molar refractivity (Wildman–Crippen MR) is 127 cm³/mol. The first-order valence-electron chi connectivity index (χ1n) is 11.2. The van der Waals surface area contributed by atoms with Crippen molar-refractivity contribution >= 4 is 39.2 Å². The lowest BCUT2D eigenvalue weighted by Gasteiger charge is -2.27. The van der Waals surface area contributed by atoms with Gasteiger partial charge in [0.2, 0.25) is 0 Å². The lowest BCUT2D eigenvalue weighted by Crippen LogP contribution is -2.34. The number of aliphatic carboxylic acids is 1. The highest BCUT2D eigenvalue weighted by atomic mass is 32.1. The molecule has 10 heteroatoms. The second kappa shape index (κ2) is 10.8. The summed E-state index contributed by atoms with van der Waals surface area (Å²) < 4.78 is 34.2. The number of carbonyl (C=O) groups is 3. The number of carboxylic acids is 1. The van der Waals surface area contributed by atoms with Crippen molar-refractivity contribution in [2.75, 3.05) is 13.1 Å². The third-order valence-corrected chi connectivity index (χ3v) is 7.01. The minimum absolute atomic E-state index is 0.0239. The Balaban J connectivity index is 1.23. The third-order valence-electron chi connectivity index (χ3n) is 5.91. The first-order chi connectivity index (χ1) is 16.8. The van der Waals surface area contributed by atoms with Crippen LogP contribution in [0.2, 0.25) is 0 Å². The smallest absolute Gasteiger partial charge is 0.306 e. The number of halogens is 2. The molecule has 2 amide bonds. The maximum absolute atomic E-state index is 14.5. The molecule has 0 spiro atoms. The second-order valence-corrected chi connectivity index (χ2v) is 9.46. The molecule has 3 N–H and O–H groups in total. The van der Waals surface area contributed by atoms with Crippen molar-refractivity contribution in [1.29, 1.82) is 0 Å². The van der Waals surface area contributed by atoms with Crippen molar-refractivity contribution in [1.82, 2.24) is 10.6 Å². The summed E-state index contributed by atoms with van der Waals surface area (Å²) in [4.78, 5) is 36.1. The van der Waals surface area contributed by atoms with Crippen molar-refractivity contribution in [3.05, 3.63) is 64.5 Å².